The Morgan fingerprint density at radius 2 is 2.07 bits per heavy atom. The standard InChI is InChI=1S/C11H17N3O/c1-8-7-10(12-2)14-11(13-8)9-3-5-15-6-4-9/h7,9H,3-6H2,1-2H3,(H,12,13,14). The highest BCUT2D eigenvalue weighted by molar-refractivity contribution is 5.35. The molecule has 1 aliphatic heterocycles. The van der Waals surface area contributed by atoms with Gasteiger partial charge in [0.05, 0.1) is 0 Å². The molecule has 0 aromatic carbocycles. The maximum atomic E-state index is 5.34. The summed E-state index contributed by atoms with van der Waals surface area (Å²) in [5.41, 5.74) is 1.02. The van der Waals surface area contributed by atoms with Crippen LogP contribution in [-0.4, -0.2) is 30.2 Å². The molecule has 82 valence electrons. The van der Waals surface area contributed by atoms with Crippen molar-refractivity contribution in [3.8, 4) is 0 Å². The summed E-state index contributed by atoms with van der Waals surface area (Å²) in [5.74, 6) is 2.33. The lowest BCUT2D eigenvalue weighted by Crippen LogP contribution is -2.17. The van der Waals surface area contributed by atoms with E-state index in [9.17, 15) is 0 Å². The first-order chi connectivity index (χ1) is 7.29. The third-order valence-electron chi connectivity index (χ3n) is 2.71. The molecule has 0 aliphatic carbocycles. The van der Waals surface area contributed by atoms with Gasteiger partial charge in [-0.1, -0.05) is 0 Å². The number of rotatable bonds is 2. The van der Waals surface area contributed by atoms with E-state index >= 15 is 0 Å². The van der Waals surface area contributed by atoms with E-state index in [4.69, 9.17) is 4.74 Å². The van der Waals surface area contributed by atoms with Crippen molar-refractivity contribution in [2.45, 2.75) is 25.7 Å². The minimum atomic E-state index is 0.464. The Morgan fingerprint density at radius 1 is 1.33 bits per heavy atom. The monoisotopic (exact) mass is 207 g/mol. The van der Waals surface area contributed by atoms with Gasteiger partial charge in [0.1, 0.15) is 11.6 Å². The molecular weight excluding hydrogens is 190 g/mol. The van der Waals surface area contributed by atoms with Gasteiger partial charge in [-0.05, 0) is 19.8 Å². The van der Waals surface area contributed by atoms with Crippen molar-refractivity contribution in [2.24, 2.45) is 0 Å². The summed E-state index contributed by atoms with van der Waals surface area (Å²) in [7, 11) is 1.88. The van der Waals surface area contributed by atoms with Crippen LogP contribution >= 0.6 is 0 Å². The number of nitrogens with one attached hydrogen (secondary N) is 1. The summed E-state index contributed by atoms with van der Waals surface area (Å²) in [6.45, 7) is 3.67. The minimum Gasteiger partial charge on any atom is -0.381 e. The summed E-state index contributed by atoms with van der Waals surface area (Å²) in [4.78, 5) is 9.00. The van der Waals surface area contributed by atoms with Gasteiger partial charge in [-0.15, -0.1) is 0 Å². The van der Waals surface area contributed by atoms with Crippen molar-refractivity contribution in [1.82, 2.24) is 9.97 Å². The van der Waals surface area contributed by atoms with Crippen LogP contribution in [0.25, 0.3) is 0 Å². The molecule has 15 heavy (non-hydrogen) atoms. The summed E-state index contributed by atoms with van der Waals surface area (Å²) in [6.07, 6.45) is 2.07. The Morgan fingerprint density at radius 3 is 2.73 bits per heavy atom. The van der Waals surface area contributed by atoms with Gasteiger partial charge in [0.25, 0.3) is 0 Å². The predicted octanol–water partition coefficient (Wildman–Crippen LogP) is 1.72. The fourth-order valence-electron chi connectivity index (χ4n) is 1.86. The zero-order valence-electron chi connectivity index (χ0n) is 9.29. The maximum absolute atomic E-state index is 5.34. The SMILES string of the molecule is CNc1cc(C)nc(C2CCOCC2)n1. The zero-order chi connectivity index (χ0) is 10.7. The molecule has 0 bridgehead atoms. The molecule has 0 unspecified atom stereocenters. The number of ether oxygens (including phenoxy) is 1. The van der Waals surface area contributed by atoms with Gasteiger partial charge >= 0.3 is 0 Å². The summed E-state index contributed by atoms with van der Waals surface area (Å²) < 4.78 is 5.34. The minimum absolute atomic E-state index is 0.464. The molecule has 2 rings (SSSR count). The van der Waals surface area contributed by atoms with E-state index in [1.54, 1.807) is 0 Å². The highest BCUT2D eigenvalue weighted by atomic mass is 16.5. The largest absolute Gasteiger partial charge is 0.381 e. The third kappa shape index (κ3) is 2.45. The number of anilines is 1. The molecule has 4 nitrogen and oxygen atoms in total. The molecule has 2 heterocycles. The van der Waals surface area contributed by atoms with Crippen molar-refractivity contribution >= 4 is 5.82 Å². The van der Waals surface area contributed by atoms with Crippen molar-refractivity contribution < 1.29 is 4.74 Å². The normalized spacial score (nSPS) is 17.7. The fourth-order valence-corrected chi connectivity index (χ4v) is 1.86. The Hall–Kier alpha value is -1.16. The second-order valence-corrected chi connectivity index (χ2v) is 3.89. The van der Waals surface area contributed by atoms with E-state index in [1.165, 1.54) is 0 Å². The van der Waals surface area contributed by atoms with Gasteiger partial charge in [0, 0.05) is 37.9 Å². The first-order valence-electron chi connectivity index (χ1n) is 5.40. The molecule has 4 heteroatoms. The second-order valence-electron chi connectivity index (χ2n) is 3.89. The predicted molar refractivity (Wildman–Crippen MR) is 59.1 cm³/mol. The Kier molecular flexibility index (Phi) is 3.16. The van der Waals surface area contributed by atoms with E-state index in [0.717, 1.165) is 43.4 Å². The molecule has 0 saturated carbocycles. The maximum Gasteiger partial charge on any atom is 0.134 e. The van der Waals surface area contributed by atoms with Crippen molar-refractivity contribution in [1.29, 1.82) is 0 Å². The van der Waals surface area contributed by atoms with Gasteiger partial charge in [-0.2, -0.15) is 0 Å². The number of nitrogens with zero attached hydrogens (tertiary/aromatic N) is 2. The van der Waals surface area contributed by atoms with Crippen LogP contribution in [0.3, 0.4) is 0 Å². The quantitative estimate of drug-likeness (QED) is 0.802. The van der Waals surface area contributed by atoms with Gasteiger partial charge < -0.3 is 10.1 Å². The Bertz CT molecular complexity index is 335. The number of aryl methyl sites for hydroxylation is 1. The molecule has 1 aromatic heterocycles. The number of hydrogen-bond donors (Lipinski definition) is 1. The molecule has 0 atom stereocenters. The molecule has 1 N–H and O–H groups in total. The molecule has 0 spiro atoms. The van der Waals surface area contributed by atoms with Crippen LogP contribution in [0.4, 0.5) is 5.82 Å². The smallest absolute Gasteiger partial charge is 0.134 e. The fraction of sp³-hybridized carbons (Fsp3) is 0.636. The second kappa shape index (κ2) is 4.57. The van der Waals surface area contributed by atoms with Crippen LogP contribution in [0.1, 0.15) is 30.3 Å². The number of aromatic nitrogens is 2. The van der Waals surface area contributed by atoms with Gasteiger partial charge in [-0.25, -0.2) is 9.97 Å². The van der Waals surface area contributed by atoms with Crippen LogP contribution in [0.5, 0.6) is 0 Å². The molecule has 1 saturated heterocycles. The van der Waals surface area contributed by atoms with Gasteiger partial charge in [-0.3, -0.25) is 0 Å². The first-order valence-corrected chi connectivity index (χ1v) is 5.40. The molecule has 1 fully saturated rings. The number of hydrogen-bond acceptors (Lipinski definition) is 4. The highest BCUT2D eigenvalue weighted by Crippen LogP contribution is 2.24. The molecule has 1 aliphatic rings. The molecule has 0 amide bonds. The van der Waals surface area contributed by atoms with Crippen LogP contribution in [0.2, 0.25) is 0 Å². The van der Waals surface area contributed by atoms with Crippen molar-refractivity contribution in [2.75, 3.05) is 25.6 Å². The Balaban J connectivity index is 2.22. The van der Waals surface area contributed by atoms with E-state index in [-0.39, 0.29) is 0 Å². The van der Waals surface area contributed by atoms with E-state index < -0.39 is 0 Å². The molecular formula is C11H17N3O. The first kappa shape index (κ1) is 10.4. The highest BCUT2D eigenvalue weighted by Gasteiger charge is 2.19. The third-order valence-corrected chi connectivity index (χ3v) is 2.71. The summed E-state index contributed by atoms with van der Waals surface area (Å²) in [5, 5.41) is 3.06. The summed E-state index contributed by atoms with van der Waals surface area (Å²) in [6, 6.07) is 1.96. The lowest BCUT2D eigenvalue weighted by atomic mass is 9.99. The zero-order valence-corrected chi connectivity index (χ0v) is 9.29. The topological polar surface area (TPSA) is 47.0 Å². The van der Waals surface area contributed by atoms with Crippen LogP contribution in [0.15, 0.2) is 6.07 Å². The van der Waals surface area contributed by atoms with Gasteiger partial charge in [0.15, 0.2) is 0 Å². The summed E-state index contributed by atoms with van der Waals surface area (Å²) >= 11 is 0. The molecule has 0 radical (unpaired) electrons. The molecule has 1 aromatic rings. The average molecular weight is 207 g/mol. The van der Waals surface area contributed by atoms with E-state index in [0.29, 0.717) is 5.92 Å². The van der Waals surface area contributed by atoms with E-state index in [1.807, 2.05) is 20.0 Å². The average Bonchev–Trinajstić information content (AvgIpc) is 2.29. The van der Waals surface area contributed by atoms with Crippen LogP contribution < -0.4 is 5.32 Å². The van der Waals surface area contributed by atoms with Crippen LogP contribution in [0, 0.1) is 6.92 Å². The Labute approximate surface area is 90.1 Å². The lowest BCUT2D eigenvalue weighted by molar-refractivity contribution is 0.0836. The van der Waals surface area contributed by atoms with Crippen molar-refractivity contribution in [3.05, 3.63) is 17.6 Å². The van der Waals surface area contributed by atoms with Crippen LogP contribution in [-0.2, 0) is 4.74 Å². The van der Waals surface area contributed by atoms with E-state index in [2.05, 4.69) is 15.3 Å². The van der Waals surface area contributed by atoms with Crippen molar-refractivity contribution in [3.63, 3.8) is 0 Å². The lowest BCUT2D eigenvalue weighted by Gasteiger charge is -2.21. The van der Waals surface area contributed by atoms with Gasteiger partial charge in [0.2, 0.25) is 0 Å².